The Morgan fingerprint density at radius 3 is 2.47 bits per heavy atom. The van der Waals surface area contributed by atoms with Gasteiger partial charge in [-0.2, -0.15) is 0 Å². The van der Waals surface area contributed by atoms with Crippen LogP contribution in [0.25, 0.3) is 5.69 Å². The molecule has 1 aliphatic rings. The number of ether oxygens (including phenoxy) is 1. The molecule has 2 N–H and O–H groups in total. The number of carbonyl (C=O) groups excluding carboxylic acids is 1. The van der Waals surface area contributed by atoms with Gasteiger partial charge in [-0.25, -0.2) is 0 Å². The van der Waals surface area contributed by atoms with E-state index in [4.69, 9.17) is 4.74 Å². The standard InChI is InChI=1S/C23H24N2O4S/c1-23(28)13-17-19(21(26)24-25(17)15-7-5-4-6-8-15)18(20(23)22(27)29-2)14-9-11-16(30-3)12-10-14/h4-12,18,20,28H,13H2,1-3H3,(H,24,26)/t18-,20+,23-/m1/s1. The van der Waals surface area contributed by atoms with E-state index in [0.29, 0.717) is 11.3 Å². The van der Waals surface area contributed by atoms with Gasteiger partial charge in [0.15, 0.2) is 0 Å². The van der Waals surface area contributed by atoms with Crippen molar-refractivity contribution in [3.05, 3.63) is 81.8 Å². The first-order valence-corrected chi connectivity index (χ1v) is 10.9. The van der Waals surface area contributed by atoms with Crippen LogP contribution in [-0.4, -0.2) is 39.8 Å². The number of nitrogens with one attached hydrogen (secondary N) is 1. The summed E-state index contributed by atoms with van der Waals surface area (Å²) in [5, 5.41) is 14.3. The van der Waals surface area contributed by atoms with E-state index in [9.17, 15) is 14.7 Å². The van der Waals surface area contributed by atoms with Crippen LogP contribution in [0.5, 0.6) is 0 Å². The monoisotopic (exact) mass is 424 g/mol. The number of para-hydroxylation sites is 1. The third-order valence-electron chi connectivity index (χ3n) is 5.82. The number of benzene rings is 2. The molecular weight excluding hydrogens is 400 g/mol. The lowest BCUT2D eigenvalue weighted by molar-refractivity contribution is -0.156. The number of rotatable bonds is 4. The van der Waals surface area contributed by atoms with Gasteiger partial charge in [0.1, 0.15) is 0 Å². The van der Waals surface area contributed by atoms with E-state index in [1.807, 2.05) is 60.9 Å². The Labute approximate surface area is 178 Å². The van der Waals surface area contributed by atoms with Crippen LogP contribution in [0.3, 0.4) is 0 Å². The zero-order valence-electron chi connectivity index (χ0n) is 17.1. The Morgan fingerprint density at radius 1 is 1.20 bits per heavy atom. The van der Waals surface area contributed by atoms with Crippen LogP contribution in [0.1, 0.15) is 29.7 Å². The fraction of sp³-hybridized carbons (Fsp3) is 0.304. The summed E-state index contributed by atoms with van der Waals surface area (Å²) in [4.78, 5) is 27.0. The Hall–Kier alpha value is -2.77. The minimum atomic E-state index is -1.39. The van der Waals surface area contributed by atoms with Crippen LogP contribution < -0.4 is 5.56 Å². The molecule has 3 atom stereocenters. The highest BCUT2D eigenvalue weighted by Crippen LogP contribution is 2.45. The largest absolute Gasteiger partial charge is 0.469 e. The number of hydrogen-bond acceptors (Lipinski definition) is 5. The van der Waals surface area contributed by atoms with E-state index in [2.05, 4.69) is 5.10 Å². The van der Waals surface area contributed by atoms with Crippen LogP contribution in [0.15, 0.2) is 64.3 Å². The molecule has 30 heavy (non-hydrogen) atoms. The predicted molar refractivity (Wildman–Crippen MR) is 116 cm³/mol. The zero-order valence-corrected chi connectivity index (χ0v) is 17.9. The van der Waals surface area contributed by atoms with Crippen molar-refractivity contribution >= 4 is 17.7 Å². The molecule has 0 saturated carbocycles. The van der Waals surface area contributed by atoms with E-state index >= 15 is 0 Å². The Kier molecular flexibility index (Phi) is 5.34. The third kappa shape index (κ3) is 3.38. The molecule has 0 radical (unpaired) electrons. The topological polar surface area (TPSA) is 84.3 Å². The normalized spacial score (nSPS) is 23.1. The van der Waals surface area contributed by atoms with E-state index in [-0.39, 0.29) is 12.0 Å². The number of H-pyrrole nitrogens is 1. The summed E-state index contributed by atoms with van der Waals surface area (Å²) >= 11 is 1.61. The van der Waals surface area contributed by atoms with Crippen molar-refractivity contribution in [3.63, 3.8) is 0 Å². The van der Waals surface area contributed by atoms with Crippen LogP contribution in [0.2, 0.25) is 0 Å². The van der Waals surface area contributed by atoms with Gasteiger partial charge in [0, 0.05) is 22.8 Å². The SMILES string of the molecule is COC(=O)[C@@H]1[C@H](c2ccc(SC)cc2)c2c(n(-c3ccccc3)[nH]c2=O)C[C@@]1(C)O. The van der Waals surface area contributed by atoms with Gasteiger partial charge < -0.3 is 9.84 Å². The molecule has 4 rings (SSSR count). The van der Waals surface area contributed by atoms with Gasteiger partial charge in [0.05, 0.1) is 30.0 Å². The highest BCUT2D eigenvalue weighted by Gasteiger charge is 2.51. The maximum absolute atomic E-state index is 13.1. The van der Waals surface area contributed by atoms with Gasteiger partial charge in [0.25, 0.3) is 5.56 Å². The molecular formula is C23H24N2O4S. The summed E-state index contributed by atoms with van der Waals surface area (Å²) in [7, 11) is 1.31. The number of esters is 1. The molecule has 2 aromatic carbocycles. The molecule has 0 spiro atoms. The minimum absolute atomic E-state index is 0.148. The van der Waals surface area contributed by atoms with Crippen molar-refractivity contribution in [1.29, 1.82) is 0 Å². The second kappa shape index (κ2) is 7.81. The van der Waals surface area contributed by atoms with Crippen molar-refractivity contribution in [2.45, 2.75) is 29.8 Å². The highest BCUT2D eigenvalue weighted by molar-refractivity contribution is 7.98. The van der Waals surface area contributed by atoms with Gasteiger partial charge in [-0.15, -0.1) is 11.8 Å². The molecule has 0 unspecified atom stereocenters. The van der Waals surface area contributed by atoms with E-state index in [1.165, 1.54) is 7.11 Å². The molecule has 0 amide bonds. The summed E-state index contributed by atoms with van der Waals surface area (Å²) in [6.45, 7) is 1.63. The fourth-order valence-electron chi connectivity index (χ4n) is 4.44. The number of aromatic nitrogens is 2. The molecule has 1 aliphatic carbocycles. The number of thioether (sulfide) groups is 1. The summed E-state index contributed by atoms with van der Waals surface area (Å²) in [6, 6.07) is 17.2. The number of aromatic amines is 1. The number of methoxy groups -OCH3 is 1. The lowest BCUT2D eigenvalue weighted by Crippen LogP contribution is -2.50. The molecule has 0 aliphatic heterocycles. The first-order valence-electron chi connectivity index (χ1n) is 9.70. The molecule has 7 heteroatoms. The number of nitrogens with zero attached hydrogens (tertiary/aromatic N) is 1. The van der Waals surface area contributed by atoms with Gasteiger partial charge >= 0.3 is 5.97 Å². The number of aliphatic hydroxyl groups is 1. The molecule has 0 fully saturated rings. The summed E-state index contributed by atoms with van der Waals surface area (Å²) in [6.07, 6.45) is 2.13. The molecule has 1 heterocycles. The average molecular weight is 425 g/mol. The molecule has 0 saturated heterocycles. The van der Waals surface area contributed by atoms with Crippen molar-refractivity contribution < 1.29 is 14.6 Å². The van der Waals surface area contributed by atoms with Crippen LogP contribution in [-0.2, 0) is 16.0 Å². The van der Waals surface area contributed by atoms with Gasteiger partial charge in [0.2, 0.25) is 0 Å². The lowest BCUT2D eigenvalue weighted by atomic mass is 9.66. The van der Waals surface area contributed by atoms with Gasteiger partial charge in [-0.1, -0.05) is 30.3 Å². The second-order valence-corrected chi connectivity index (χ2v) is 8.64. The average Bonchev–Trinajstić information content (AvgIpc) is 3.07. The second-order valence-electron chi connectivity index (χ2n) is 7.76. The molecule has 0 bridgehead atoms. The van der Waals surface area contributed by atoms with Crippen LogP contribution >= 0.6 is 11.8 Å². The molecule has 6 nitrogen and oxygen atoms in total. The predicted octanol–water partition coefficient (Wildman–Crippen LogP) is 3.12. The fourth-order valence-corrected chi connectivity index (χ4v) is 4.84. The molecule has 3 aromatic rings. The molecule has 1 aromatic heterocycles. The number of hydrogen-bond donors (Lipinski definition) is 2. The first kappa shape index (κ1) is 20.5. The number of fused-ring (bicyclic) bond motifs is 1. The summed E-state index contributed by atoms with van der Waals surface area (Å²) < 4.78 is 6.76. The molecule has 156 valence electrons. The Balaban J connectivity index is 1.97. The van der Waals surface area contributed by atoms with Crippen LogP contribution in [0.4, 0.5) is 0 Å². The lowest BCUT2D eigenvalue weighted by Gasteiger charge is -2.40. The zero-order chi connectivity index (χ0) is 21.5. The highest BCUT2D eigenvalue weighted by atomic mass is 32.2. The summed E-state index contributed by atoms with van der Waals surface area (Å²) in [5.41, 5.74) is 1.10. The minimum Gasteiger partial charge on any atom is -0.469 e. The Bertz CT molecular complexity index is 1120. The first-order chi connectivity index (χ1) is 14.4. The van der Waals surface area contributed by atoms with E-state index < -0.39 is 23.4 Å². The van der Waals surface area contributed by atoms with Crippen LogP contribution in [0, 0.1) is 5.92 Å². The van der Waals surface area contributed by atoms with Gasteiger partial charge in [-0.05, 0) is 43.0 Å². The van der Waals surface area contributed by atoms with Gasteiger partial charge in [-0.3, -0.25) is 19.4 Å². The van der Waals surface area contributed by atoms with Crippen molar-refractivity contribution in [2.24, 2.45) is 5.92 Å². The van der Waals surface area contributed by atoms with Crippen molar-refractivity contribution in [3.8, 4) is 5.69 Å². The maximum Gasteiger partial charge on any atom is 0.312 e. The third-order valence-corrected chi connectivity index (χ3v) is 6.57. The quantitative estimate of drug-likeness (QED) is 0.497. The van der Waals surface area contributed by atoms with E-state index in [1.54, 1.807) is 23.4 Å². The smallest absolute Gasteiger partial charge is 0.312 e. The Morgan fingerprint density at radius 2 is 1.87 bits per heavy atom. The summed E-state index contributed by atoms with van der Waals surface area (Å²) in [5.74, 6) is -2.06. The van der Waals surface area contributed by atoms with Crippen molar-refractivity contribution in [2.75, 3.05) is 13.4 Å². The number of carbonyl (C=O) groups is 1. The maximum atomic E-state index is 13.1. The van der Waals surface area contributed by atoms with E-state index in [0.717, 1.165) is 16.1 Å². The van der Waals surface area contributed by atoms with Crippen molar-refractivity contribution in [1.82, 2.24) is 9.78 Å².